The largest absolute Gasteiger partial charge is 0.340 e. The summed E-state index contributed by atoms with van der Waals surface area (Å²) in [5, 5.41) is 14.5. The molecule has 0 atom stereocenters. The summed E-state index contributed by atoms with van der Waals surface area (Å²) in [6.45, 7) is 0. The second-order valence-corrected chi connectivity index (χ2v) is 5.10. The van der Waals surface area contributed by atoms with Crippen LogP contribution in [0, 0.1) is 21.7 Å². The van der Waals surface area contributed by atoms with E-state index >= 15 is 0 Å². The maximum atomic E-state index is 13.7. The van der Waals surface area contributed by atoms with E-state index in [4.69, 9.17) is 11.6 Å². The van der Waals surface area contributed by atoms with E-state index in [2.05, 4.69) is 10.3 Å². The Morgan fingerprint density at radius 1 is 1.13 bits per heavy atom. The van der Waals surface area contributed by atoms with E-state index in [1.165, 1.54) is 30.5 Å². The summed E-state index contributed by atoms with van der Waals surface area (Å²) in [7, 11) is 0. The molecule has 5 nitrogen and oxygen atoms in total. The lowest BCUT2D eigenvalue weighted by Crippen LogP contribution is -1.97. The van der Waals surface area contributed by atoms with Crippen molar-refractivity contribution >= 4 is 39.6 Å². The van der Waals surface area contributed by atoms with Crippen molar-refractivity contribution in [1.29, 1.82) is 0 Å². The summed E-state index contributed by atoms with van der Waals surface area (Å²) in [5.74, 6) is -1.22. The third kappa shape index (κ3) is 2.91. The van der Waals surface area contributed by atoms with Gasteiger partial charge in [0.25, 0.3) is 0 Å². The van der Waals surface area contributed by atoms with Gasteiger partial charge in [-0.2, -0.15) is 4.39 Å². The number of pyridine rings is 1. The van der Waals surface area contributed by atoms with Crippen molar-refractivity contribution < 1.29 is 13.7 Å². The molecule has 8 heteroatoms. The van der Waals surface area contributed by atoms with Crippen molar-refractivity contribution in [3.05, 3.63) is 69.4 Å². The SMILES string of the molecule is O=[N+]([O-])c1cc2c(Nc3ccc(F)c(Cl)c3)nccc2cc1F. The van der Waals surface area contributed by atoms with E-state index in [-0.39, 0.29) is 10.8 Å². The molecule has 0 saturated heterocycles. The van der Waals surface area contributed by atoms with Crippen molar-refractivity contribution in [2.75, 3.05) is 5.32 Å². The lowest BCUT2D eigenvalue weighted by molar-refractivity contribution is -0.387. The molecule has 0 aliphatic heterocycles. The Morgan fingerprint density at radius 2 is 1.91 bits per heavy atom. The first kappa shape index (κ1) is 15.1. The summed E-state index contributed by atoms with van der Waals surface area (Å²) < 4.78 is 26.9. The molecule has 116 valence electrons. The molecule has 0 saturated carbocycles. The quantitative estimate of drug-likeness (QED) is 0.550. The molecule has 1 N–H and O–H groups in total. The van der Waals surface area contributed by atoms with Crippen LogP contribution in [0.15, 0.2) is 42.6 Å². The number of anilines is 2. The third-order valence-electron chi connectivity index (χ3n) is 3.21. The number of nitro groups is 1. The lowest BCUT2D eigenvalue weighted by atomic mass is 10.1. The average molecular weight is 336 g/mol. The van der Waals surface area contributed by atoms with Crippen LogP contribution in [0.5, 0.6) is 0 Å². The number of halogens is 3. The highest BCUT2D eigenvalue weighted by molar-refractivity contribution is 6.31. The van der Waals surface area contributed by atoms with E-state index in [0.29, 0.717) is 16.5 Å². The second-order valence-electron chi connectivity index (χ2n) is 4.70. The molecular formula is C15H8ClF2N3O2. The number of hydrogen-bond acceptors (Lipinski definition) is 4. The van der Waals surface area contributed by atoms with Crippen LogP contribution < -0.4 is 5.32 Å². The predicted octanol–water partition coefficient (Wildman–Crippen LogP) is 4.82. The van der Waals surface area contributed by atoms with E-state index < -0.39 is 22.2 Å². The Hall–Kier alpha value is -2.80. The van der Waals surface area contributed by atoms with Crippen LogP contribution in [-0.2, 0) is 0 Å². The molecule has 3 aromatic rings. The Morgan fingerprint density at radius 3 is 2.61 bits per heavy atom. The number of rotatable bonds is 3. The highest BCUT2D eigenvalue weighted by Gasteiger charge is 2.17. The minimum Gasteiger partial charge on any atom is -0.340 e. The van der Waals surface area contributed by atoms with Gasteiger partial charge in [0, 0.05) is 23.3 Å². The number of nitro benzene ring substituents is 1. The van der Waals surface area contributed by atoms with Gasteiger partial charge in [-0.1, -0.05) is 11.6 Å². The van der Waals surface area contributed by atoms with Gasteiger partial charge in [-0.15, -0.1) is 0 Å². The lowest BCUT2D eigenvalue weighted by Gasteiger charge is -2.09. The van der Waals surface area contributed by atoms with Gasteiger partial charge < -0.3 is 5.32 Å². The van der Waals surface area contributed by atoms with Crippen LogP contribution in [-0.4, -0.2) is 9.91 Å². The number of fused-ring (bicyclic) bond motifs is 1. The molecule has 1 heterocycles. The van der Waals surface area contributed by atoms with Gasteiger partial charge >= 0.3 is 5.69 Å². The molecule has 0 aliphatic rings. The van der Waals surface area contributed by atoms with Gasteiger partial charge in [-0.05, 0) is 35.7 Å². The van der Waals surface area contributed by atoms with Gasteiger partial charge in [0.15, 0.2) is 0 Å². The van der Waals surface area contributed by atoms with E-state index in [9.17, 15) is 18.9 Å². The number of benzene rings is 2. The van der Waals surface area contributed by atoms with Crippen molar-refractivity contribution in [2.24, 2.45) is 0 Å². The highest BCUT2D eigenvalue weighted by Crippen LogP contribution is 2.30. The van der Waals surface area contributed by atoms with Crippen molar-refractivity contribution in [1.82, 2.24) is 4.98 Å². The molecular weight excluding hydrogens is 328 g/mol. The number of nitrogens with one attached hydrogen (secondary N) is 1. The summed E-state index contributed by atoms with van der Waals surface area (Å²) in [6.07, 6.45) is 1.43. The van der Waals surface area contributed by atoms with Crippen LogP contribution in [0.1, 0.15) is 0 Å². The number of aromatic nitrogens is 1. The molecule has 3 rings (SSSR count). The molecule has 0 bridgehead atoms. The van der Waals surface area contributed by atoms with Crippen LogP contribution in [0.2, 0.25) is 5.02 Å². The highest BCUT2D eigenvalue weighted by atomic mass is 35.5. The van der Waals surface area contributed by atoms with Crippen LogP contribution in [0.3, 0.4) is 0 Å². The maximum Gasteiger partial charge on any atom is 0.305 e. The Labute approximate surface area is 133 Å². The molecule has 23 heavy (non-hydrogen) atoms. The minimum atomic E-state index is -0.926. The zero-order valence-corrected chi connectivity index (χ0v) is 12.1. The van der Waals surface area contributed by atoms with Gasteiger partial charge in [0.1, 0.15) is 11.6 Å². The molecule has 0 amide bonds. The monoisotopic (exact) mass is 335 g/mol. The minimum absolute atomic E-state index is 0.0766. The summed E-state index contributed by atoms with van der Waals surface area (Å²) in [6, 6.07) is 7.68. The summed E-state index contributed by atoms with van der Waals surface area (Å²) in [5.41, 5.74) is -0.200. The zero-order valence-electron chi connectivity index (χ0n) is 11.4. The molecule has 0 unspecified atom stereocenters. The fourth-order valence-electron chi connectivity index (χ4n) is 2.13. The Bertz CT molecular complexity index is 934. The van der Waals surface area contributed by atoms with Crippen molar-refractivity contribution in [3.63, 3.8) is 0 Å². The first-order valence-electron chi connectivity index (χ1n) is 6.40. The maximum absolute atomic E-state index is 13.7. The first-order valence-corrected chi connectivity index (χ1v) is 6.78. The smallest absolute Gasteiger partial charge is 0.305 e. The van der Waals surface area contributed by atoms with Gasteiger partial charge in [-0.3, -0.25) is 10.1 Å². The fourth-order valence-corrected chi connectivity index (χ4v) is 2.31. The Kier molecular flexibility index (Phi) is 3.79. The van der Waals surface area contributed by atoms with E-state index in [1.54, 1.807) is 0 Å². The topological polar surface area (TPSA) is 68.1 Å². The van der Waals surface area contributed by atoms with Gasteiger partial charge in [0.2, 0.25) is 5.82 Å². The molecule has 0 aliphatic carbocycles. The van der Waals surface area contributed by atoms with E-state index in [1.807, 2.05) is 0 Å². The second kappa shape index (κ2) is 5.77. The normalized spacial score (nSPS) is 10.7. The number of hydrogen-bond donors (Lipinski definition) is 1. The predicted molar refractivity (Wildman–Crippen MR) is 83.0 cm³/mol. The molecule has 2 aromatic carbocycles. The van der Waals surface area contributed by atoms with Gasteiger partial charge in [0.05, 0.1) is 9.95 Å². The average Bonchev–Trinajstić information content (AvgIpc) is 2.50. The third-order valence-corrected chi connectivity index (χ3v) is 3.50. The standard InChI is InChI=1S/C15H8ClF2N3O2/c16-11-6-9(1-2-12(11)17)20-15-10-7-14(21(22)23)13(18)5-8(10)3-4-19-15/h1-7H,(H,19,20). The van der Waals surface area contributed by atoms with Gasteiger partial charge in [-0.25, -0.2) is 9.37 Å². The van der Waals surface area contributed by atoms with Crippen LogP contribution in [0.25, 0.3) is 10.8 Å². The van der Waals surface area contributed by atoms with Crippen LogP contribution >= 0.6 is 11.6 Å². The Balaban J connectivity index is 2.11. The zero-order chi connectivity index (χ0) is 16.6. The summed E-state index contributed by atoms with van der Waals surface area (Å²) in [4.78, 5) is 14.2. The first-order chi connectivity index (χ1) is 11.0. The molecule has 1 aromatic heterocycles. The summed E-state index contributed by atoms with van der Waals surface area (Å²) >= 11 is 5.71. The molecule has 0 fully saturated rings. The van der Waals surface area contributed by atoms with Crippen LogP contribution in [0.4, 0.5) is 26.0 Å². The fraction of sp³-hybridized carbons (Fsp3) is 0. The molecule has 0 spiro atoms. The number of nitrogens with zero attached hydrogens (tertiary/aromatic N) is 2. The molecule has 0 radical (unpaired) electrons. The van der Waals surface area contributed by atoms with Crippen molar-refractivity contribution in [3.8, 4) is 0 Å². The van der Waals surface area contributed by atoms with E-state index in [0.717, 1.165) is 12.1 Å². The van der Waals surface area contributed by atoms with Crippen molar-refractivity contribution in [2.45, 2.75) is 0 Å².